The predicted molar refractivity (Wildman–Crippen MR) is 73.3 cm³/mol. The number of aromatic nitrogens is 1. The maximum absolute atomic E-state index is 8.88. The zero-order valence-electron chi connectivity index (χ0n) is 11.0. The number of pyridine rings is 1. The van der Waals surface area contributed by atoms with Crippen LogP contribution in [0.25, 0.3) is 0 Å². The monoisotopic (exact) mass is 254 g/mol. The van der Waals surface area contributed by atoms with Gasteiger partial charge in [-0.15, -0.1) is 0 Å². The van der Waals surface area contributed by atoms with Crippen molar-refractivity contribution in [3.8, 4) is 6.07 Å². The molecule has 1 aliphatic heterocycles. The van der Waals surface area contributed by atoms with Crippen LogP contribution in [-0.4, -0.2) is 29.7 Å². The van der Waals surface area contributed by atoms with Crippen LogP contribution in [0, 0.1) is 18.3 Å². The third-order valence-electron chi connectivity index (χ3n) is 2.71. The number of nitrogens with zero attached hydrogens (tertiary/aromatic N) is 4. The molecule has 5 nitrogen and oxygen atoms in total. The number of rotatable bonds is 4. The summed E-state index contributed by atoms with van der Waals surface area (Å²) in [6.45, 7) is 8.53. The van der Waals surface area contributed by atoms with Gasteiger partial charge in [0.1, 0.15) is 6.07 Å². The predicted octanol–water partition coefficient (Wildman–Crippen LogP) is 2.01. The average Bonchev–Trinajstić information content (AvgIpc) is 2.88. The van der Waals surface area contributed by atoms with E-state index in [0.717, 1.165) is 17.0 Å². The van der Waals surface area contributed by atoms with Crippen LogP contribution in [0.4, 0.5) is 0 Å². The smallest absolute Gasteiger partial charge is 0.190 e. The van der Waals surface area contributed by atoms with Gasteiger partial charge in [0.15, 0.2) is 11.6 Å². The van der Waals surface area contributed by atoms with Gasteiger partial charge in [0, 0.05) is 6.20 Å². The average molecular weight is 254 g/mol. The van der Waals surface area contributed by atoms with Gasteiger partial charge in [0.05, 0.1) is 30.1 Å². The molecule has 0 bridgehead atoms. The van der Waals surface area contributed by atoms with Gasteiger partial charge in [-0.1, -0.05) is 6.58 Å². The third kappa shape index (κ3) is 2.68. The summed E-state index contributed by atoms with van der Waals surface area (Å²) in [6.07, 6.45) is 1.56. The van der Waals surface area contributed by atoms with Gasteiger partial charge in [0.25, 0.3) is 0 Å². The molecule has 19 heavy (non-hydrogen) atoms. The quantitative estimate of drug-likeness (QED) is 0.772. The minimum atomic E-state index is 0.458. The Morgan fingerprint density at radius 1 is 1.58 bits per heavy atom. The van der Waals surface area contributed by atoms with Crippen LogP contribution in [0.5, 0.6) is 0 Å². The summed E-state index contributed by atoms with van der Waals surface area (Å²) in [7, 11) is 0. The van der Waals surface area contributed by atoms with Crippen LogP contribution in [0.3, 0.4) is 0 Å². The van der Waals surface area contributed by atoms with Crippen molar-refractivity contribution in [2.24, 2.45) is 9.98 Å². The van der Waals surface area contributed by atoms with Gasteiger partial charge in [-0.2, -0.15) is 5.26 Å². The molecule has 1 aliphatic rings. The van der Waals surface area contributed by atoms with Gasteiger partial charge < -0.3 is 4.74 Å². The van der Waals surface area contributed by atoms with Crippen molar-refractivity contribution in [1.29, 1.82) is 5.26 Å². The Balaban J connectivity index is 2.22. The standard InChI is InChI=1S/C14H14N4O/c1-4-19-10(3)14-17-8-13(18-14)12-5-9(2)11(6-15)7-16-12/h5,7H,3-4,8H2,1-2H3. The maximum Gasteiger partial charge on any atom is 0.190 e. The highest BCUT2D eigenvalue weighted by Crippen LogP contribution is 2.13. The Kier molecular flexibility index (Phi) is 3.71. The van der Waals surface area contributed by atoms with Crippen molar-refractivity contribution >= 4 is 11.5 Å². The molecular weight excluding hydrogens is 240 g/mol. The van der Waals surface area contributed by atoms with Gasteiger partial charge in [-0.05, 0) is 25.5 Å². The van der Waals surface area contributed by atoms with Crippen LogP contribution in [-0.2, 0) is 4.74 Å². The third-order valence-corrected chi connectivity index (χ3v) is 2.71. The highest BCUT2D eigenvalue weighted by atomic mass is 16.5. The molecule has 1 aromatic heterocycles. The van der Waals surface area contributed by atoms with E-state index >= 15 is 0 Å². The topological polar surface area (TPSA) is 70.6 Å². The van der Waals surface area contributed by atoms with E-state index in [2.05, 4.69) is 27.6 Å². The Morgan fingerprint density at radius 3 is 3.00 bits per heavy atom. The van der Waals surface area contributed by atoms with E-state index < -0.39 is 0 Å². The first-order chi connectivity index (χ1) is 9.15. The summed E-state index contributed by atoms with van der Waals surface area (Å²) in [5.41, 5.74) is 2.96. The maximum atomic E-state index is 8.88. The highest BCUT2D eigenvalue weighted by molar-refractivity contribution is 6.15. The van der Waals surface area contributed by atoms with Crippen LogP contribution in [0.1, 0.15) is 23.7 Å². The van der Waals surface area contributed by atoms with Crippen molar-refractivity contribution in [2.45, 2.75) is 13.8 Å². The lowest BCUT2D eigenvalue weighted by atomic mass is 10.1. The molecule has 0 saturated carbocycles. The van der Waals surface area contributed by atoms with Crippen molar-refractivity contribution in [2.75, 3.05) is 13.2 Å². The van der Waals surface area contributed by atoms with Crippen molar-refractivity contribution in [1.82, 2.24) is 4.98 Å². The van der Waals surface area contributed by atoms with Gasteiger partial charge in [-0.25, -0.2) is 4.99 Å². The molecule has 0 amide bonds. The van der Waals surface area contributed by atoms with Crippen LogP contribution in [0.15, 0.2) is 34.6 Å². The van der Waals surface area contributed by atoms with E-state index in [-0.39, 0.29) is 0 Å². The number of aryl methyl sites for hydroxylation is 1. The largest absolute Gasteiger partial charge is 0.491 e. The lowest BCUT2D eigenvalue weighted by Gasteiger charge is -2.03. The van der Waals surface area contributed by atoms with Gasteiger partial charge >= 0.3 is 0 Å². The molecule has 0 aliphatic carbocycles. The van der Waals surface area contributed by atoms with E-state index in [0.29, 0.717) is 30.3 Å². The minimum Gasteiger partial charge on any atom is -0.491 e. The SMILES string of the molecule is C=C(OCC)C1=NCC(c2cc(C)c(C#N)cn2)=N1. The van der Waals surface area contributed by atoms with E-state index in [9.17, 15) is 0 Å². The molecule has 0 radical (unpaired) electrons. The summed E-state index contributed by atoms with van der Waals surface area (Å²) in [5.74, 6) is 0.989. The minimum absolute atomic E-state index is 0.458. The number of hydrogen-bond acceptors (Lipinski definition) is 5. The molecule has 2 rings (SSSR count). The van der Waals surface area contributed by atoms with Gasteiger partial charge in [0.2, 0.25) is 0 Å². The van der Waals surface area contributed by atoms with Crippen molar-refractivity contribution in [3.63, 3.8) is 0 Å². The Labute approximate surface area is 112 Å². The lowest BCUT2D eigenvalue weighted by Crippen LogP contribution is -2.06. The Bertz CT molecular complexity index is 623. The molecule has 0 aromatic carbocycles. The molecule has 0 spiro atoms. The summed E-state index contributed by atoms with van der Waals surface area (Å²) >= 11 is 0. The van der Waals surface area contributed by atoms with Crippen molar-refractivity contribution in [3.05, 3.63) is 41.4 Å². The van der Waals surface area contributed by atoms with Gasteiger partial charge in [-0.3, -0.25) is 9.98 Å². The second-order valence-corrected chi connectivity index (χ2v) is 4.05. The fourth-order valence-electron chi connectivity index (χ4n) is 1.71. The first-order valence-corrected chi connectivity index (χ1v) is 5.97. The Morgan fingerprint density at radius 2 is 2.37 bits per heavy atom. The van der Waals surface area contributed by atoms with Crippen LogP contribution in [0.2, 0.25) is 0 Å². The molecule has 5 heteroatoms. The number of ether oxygens (including phenoxy) is 1. The summed E-state index contributed by atoms with van der Waals surface area (Å²) in [6, 6.07) is 3.94. The molecule has 2 heterocycles. The lowest BCUT2D eigenvalue weighted by molar-refractivity contribution is 0.250. The second-order valence-electron chi connectivity index (χ2n) is 4.05. The second kappa shape index (κ2) is 5.44. The first kappa shape index (κ1) is 13.0. The van der Waals surface area contributed by atoms with Crippen molar-refractivity contribution < 1.29 is 4.74 Å². The molecule has 0 unspecified atom stereocenters. The molecule has 0 N–H and O–H groups in total. The molecule has 96 valence electrons. The number of aliphatic imine (C=N–C) groups is 2. The summed E-state index contributed by atoms with van der Waals surface area (Å²) < 4.78 is 5.27. The first-order valence-electron chi connectivity index (χ1n) is 5.97. The van der Waals surface area contributed by atoms with Crippen LogP contribution < -0.4 is 0 Å². The molecule has 0 saturated heterocycles. The number of amidine groups is 1. The normalized spacial score (nSPS) is 13.5. The molecule has 0 fully saturated rings. The molecule has 0 atom stereocenters. The fourth-order valence-corrected chi connectivity index (χ4v) is 1.71. The Hall–Kier alpha value is -2.48. The molecular formula is C14H14N4O. The summed E-state index contributed by atoms with van der Waals surface area (Å²) in [4.78, 5) is 12.9. The van der Waals surface area contributed by atoms with E-state index in [1.54, 1.807) is 6.20 Å². The fraction of sp³-hybridized carbons (Fsp3) is 0.286. The number of nitriles is 1. The van der Waals surface area contributed by atoms with E-state index in [4.69, 9.17) is 10.00 Å². The van der Waals surface area contributed by atoms with E-state index in [1.807, 2.05) is 19.9 Å². The summed E-state index contributed by atoms with van der Waals surface area (Å²) in [5, 5.41) is 8.88. The van der Waals surface area contributed by atoms with Crippen LogP contribution >= 0.6 is 0 Å². The zero-order chi connectivity index (χ0) is 13.8. The zero-order valence-corrected chi connectivity index (χ0v) is 11.0. The van der Waals surface area contributed by atoms with E-state index in [1.165, 1.54) is 0 Å². The molecule has 1 aromatic rings. The highest BCUT2D eigenvalue weighted by Gasteiger charge is 2.16. The number of hydrogen-bond donors (Lipinski definition) is 0.